The van der Waals surface area contributed by atoms with E-state index in [1.807, 2.05) is 49.7 Å². The topological polar surface area (TPSA) is 328 Å². The van der Waals surface area contributed by atoms with Gasteiger partial charge in [0.05, 0.1) is 66.2 Å². The van der Waals surface area contributed by atoms with Gasteiger partial charge in [-0.05, 0) is 134 Å². The largest absolute Gasteiger partial charge is 0.493 e. The normalized spacial score (nSPS) is 12.8. The Morgan fingerprint density at radius 2 is 0.730 bits per heavy atom. The van der Waals surface area contributed by atoms with E-state index in [9.17, 15) is 30.7 Å². The van der Waals surface area contributed by atoms with Crippen molar-refractivity contribution in [3.05, 3.63) is 290 Å². The summed E-state index contributed by atoms with van der Waals surface area (Å²) in [5.74, 6) is 2.91. The van der Waals surface area contributed by atoms with E-state index >= 15 is 0 Å². The van der Waals surface area contributed by atoms with E-state index in [0.29, 0.717) is 184 Å². The summed E-state index contributed by atoms with van der Waals surface area (Å²) >= 11 is 0. The number of nitrogens with one attached hydrogen (secondary N) is 4. The maximum Gasteiger partial charge on any atom is 0.208 e. The lowest BCUT2D eigenvalue weighted by Crippen LogP contribution is -2.10. The lowest BCUT2D eigenvalue weighted by molar-refractivity contribution is 0.356. The quantitative estimate of drug-likeness (QED) is 0.0329. The minimum absolute atomic E-state index is 0.245. The second-order valence-electron chi connectivity index (χ2n) is 29.6. The van der Waals surface area contributed by atoms with Crippen LogP contribution >= 0.6 is 0 Å². The number of nitrogens with two attached hydrogens (primary N) is 4. The Morgan fingerprint density at radius 3 is 1.11 bits per heavy atom. The van der Waals surface area contributed by atoms with Crippen molar-refractivity contribution < 1.29 is 49.7 Å². The molecule has 4 aliphatic rings. The number of hydrogen-bond donors (Lipinski definition) is 8. The van der Waals surface area contributed by atoms with E-state index in [4.69, 9.17) is 41.9 Å². The molecular formula is C89H83F7N22O4. The number of benzene rings is 7. The smallest absolute Gasteiger partial charge is 0.208 e. The van der Waals surface area contributed by atoms with Gasteiger partial charge in [0, 0.05) is 196 Å². The average molecular weight is 1660 g/mol. The van der Waals surface area contributed by atoms with E-state index in [0.717, 1.165) is 79.1 Å². The number of anilines is 4. The molecule has 0 radical (unpaired) electrons. The number of halogens is 7. The van der Waals surface area contributed by atoms with Crippen molar-refractivity contribution in [2.75, 3.05) is 47.7 Å². The highest BCUT2D eigenvalue weighted by atomic mass is 19.2. The Labute approximate surface area is 693 Å². The van der Waals surface area contributed by atoms with Crippen molar-refractivity contribution in [2.45, 2.75) is 98.8 Å². The van der Waals surface area contributed by atoms with Gasteiger partial charge in [-0.15, -0.1) is 0 Å². The van der Waals surface area contributed by atoms with Crippen LogP contribution in [0, 0.1) is 61.5 Å². The van der Waals surface area contributed by atoms with Crippen LogP contribution in [-0.4, -0.2) is 93.7 Å². The van der Waals surface area contributed by atoms with Gasteiger partial charge >= 0.3 is 0 Å². The van der Waals surface area contributed by atoms with Crippen LogP contribution in [0.1, 0.15) is 84.1 Å². The maximum atomic E-state index is 14.5. The van der Waals surface area contributed by atoms with Crippen LogP contribution in [-0.2, 0) is 85.1 Å². The minimum Gasteiger partial charge on any atom is -0.493 e. The molecule has 9 aromatic heterocycles. The zero-order chi connectivity index (χ0) is 84.6. The fourth-order valence-electron chi connectivity index (χ4n) is 15.8. The first kappa shape index (κ1) is 80.4. The molecule has 622 valence electrons. The van der Waals surface area contributed by atoms with Crippen LogP contribution in [0.25, 0.3) is 67.2 Å². The van der Waals surface area contributed by atoms with Crippen molar-refractivity contribution in [3.63, 3.8) is 0 Å². The molecule has 16 aromatic rings. The number of rotatable bonds is 20. The SMILES string of the molecule is Cc1c(F)cccc1-c1cnc(NCc2c(F)ccc3c2CCO3)n2cc(CN)nc12.Cc1cc(-c2cnc(NCc3c(F)ccc4c3CCO4)n3cc(CN)nc23)n(C)n1.Cc1cc(F)cc(-c2cnc(NCc3c(F)ccc4c3CCO4)n3cc(CN)nc23)c1.NCc1cn2c(NCc3c(F)ccc4c3CCO4)ncc(-c3cccc(F)c3)c2n1. The molecule has 0 saturated carbocycles. The van der Waals surface area contributed by atoms with E-state index in [2.05, 4.69) is 66.2 Å². The van der Waals surface area contributed by atoms with Crippen LogP contribution in [0.3, 0.4) is 0 Å². The van der Waals surface area contributed by atoms with Crippen LogP contribution in [0.4, 0.5) is 54.5 Å². The number of ether oxygens (including phenoxy) is 4. The first-order valence-electron chi connectivity index (χ1n) is 39.5. The van der Waals surface area contributed by atoms with E-state index in [1.165, 1.54) is 54.6 Å². The molecule has 0 bridgehead atoms. The molecule has 26 nitrogen and oxygen atoms in total. The Bertz CT molecular complexity index is 6680. The molecule has 0 fully saturated rings. The molecular weight excluding hydrogens is 1570 g/mol. The third kappa shape index (κ3) is 16.0. The number of aromatic nitrogens is 14. The molecule has 0 amide bonds. The molecule has 0 saturated heterocycles. The van der Waals surface area contributed by atoms with Crippen LogP contribution in [0.2, 0.25) is 0 Å². The molecule has 0 unspecified atom stereocenters. The second-order valence-corrected chi connectivity index (χ2v) is 29.6. The molecule has 20 rings (SSSR count). The van der Waals surface area contributed by atoms with Crippen molar-refractivity contribution >= 4 is 46.4 Å². The van der Waals surface area contributed by atoms with Crippen LogP contribution in [0.15, 0.2) is 165 Å². The summed E-state index contributed by atoms with van der Waals surface area (Å²) in [4.78, 5) is 36.6. The van der Waals surface area contributed by atoms with E-state index in [-0.39, 0.29) is 80.0 Å². The predicted octanol–water partition coefficient (Wildman–Crippen LogP) is 14.2. The lowest BCUT2D eigenvalue weighted by Gasteiger charge is -2.14. The van der Waals surface area contributed by atoms with Crippen molar-refractivity contribution in [2.24, 2.45) is 30.0 Å². The Kier molecular flexibility index (Phi) is 22.6. The molecule has 7 aromatic carbocycles. The fraction of sp³-hybridized carbons (Fsp3) is 0.225. The first-order chi connectivity index (χ1) is 59.3. The molecule has 12 N–H and O–H groups in total. The number of imidazole rings is 4. The van der Waals surface area contributed by atoms with Gasteiger partial charge in [0.15, 0.2) is 5.65 Å². The second kappa shape index (κ2) is 34.4. The van der Waals surface area contributed by atoms with Gasteiger partial charge in [-0.3, -0.25) is 22.3 Å². The number of fused-ring (bicyclic) bond motifs is 8. The molecule has 4 aliphatic heterocycles. The molecule has 0 aliphatic carbocycles. The monoisotopic (exact) mass is 1660 g/mol. The lowest BCUT2D eigenvalue weighted by atomic mass is 10.0. The Morgan fingerprint density at radius 1 is 0.369 bits per heavy atom. The highest BCUT2D eigenvalue weighted by Gasteiger charge is 2.27. The van der Waals surface area contributed by atoms with Gasteiger partial charge in [0.25, 0.3) is 0 Å². The summed E-state index contributed by atoms with van der Waals surface area (Å²) in [6.45, 7) is 9.83. The summed E-state index contributed by atoms with van der Waals surface area (Å²) in [7, 11) is 1.89. The van der Waals surface area contributed by atoms with E-state index < -0.39 is 0 Å². The standard InChI is InChI=1S/2C23H21F2N5O.C22H19F2N5O.C21H22FN7O/c1-13-6-14(8-15(24)7-13)18-10-27-23(30-12-16(9-26)29-22(18)30)28-11-19-17-4-5-31-21(17)3-2-20(19)25;1-13-15(3-2-4-19(13)24)18-11-28-23(30-12-14(9-26)29-22(18)30)27-10-17-16-7-8-31-21(16)6-5-20(17)25;23-14-3-1-2-13(8-14)17-10-26-22(29-12-15(9-25)28-21(17)29)27-11-18-16-6-7-30-20(16)5-4-19(18)24;1-12-7-18(28(2)27-12)16-10-25-21(29-11-13(8-23)26-20(16)29)24-9-15-14-5-6-30-19(14)4-3-17(15)22/h2-3,6-8,10,12H,4-5,9,11,26H2,1H3,(H,27,28);2-6,11-12H,7-10,26H2,1H3,(H,27,28);1-5,8,10,12H,6-7,9,11,25H2,(H,26,27);3-4,7,10-11H,5-6,8-9,23H2,1-2H3,(H,24,25). The van der Waals surface area contributed by atoms with Gasteiger partial charge in [0.2, 0.25) is 23.8 Å². The minimum atomic E-state index is -0.339. The van der Waals surface area contributed by atoms with Gasteiger partial charge < -0.3 is 63.1 Å². The zero-order valence-corrected chi connectivity index (χ0v) is 66.8. The summed E-state index contributed by atoms with van der Waals surface area (Å²) in [5.41, 5.74) is 42.5. The molecule has 0 atom stereocenters. The zero-order valence-electron chi connectivity index (χ0n) is 66.8. The Hall–Kier alpha value is -14.0. The molecule has 122 heavy (non-hydrogen) atoms. The number of hydrogen-bond acceptors (Lipinski definition) is 21. The van der Waals surface area contributed by atoms with Gasteiger partial charge in [-0.2, -0.15) is 5.10 Å². The van der Waals surface area contributed by atoms with Gasteiger partial charge in [0.1, 0.15) is 80.7 Å². The van der Waals surface area contributed by atoms with Crippen LogP contribution < -0.4 is 63.1 Å². The average Bonchev–Trinajstić information content (AvgIpc) is 1.60. The highest BCUT2D eigenvalue weighted by molar-refractivity contribution is 5.82. The van der Waals surface area contributed by atoms with Gasteiger partial charge in [-0.25, -0.2) is 70.6 Å². The van der Waals surface area contributed by atoms with E-state index in [1.54, 1.807) is 111 Å². The fourth-order valence-corrected chi connectivity index (χ4v) is 15.8. The highest BCUT2D eigenvalue weighted by Crippen LogP contribution is 2.39. The Balaban J connectivity index is 0.000000116. The third-order valence-electron chi connectivity index (χ3n) is 21.8. The summed E-state index contributed by atoms with van der Waals surface area (Å²) in [5, 5.41) is 17.3. The molecule has 0 spiro atoms. The van der Waals surface area contributed by atoms with Crippen molar-refractivity contribution in [3.8, 4) is 67.6 Å². The number of aryl methyl sites for hydroxylation is 3. The van der Waals surface area contributed by atoms with Crippen molar-refractivity contribution in [1.82, 2.24) is 67.3 Å². The first-order valence-corrected chi connectivity index (χ1v) is 39.5. The number of nitrogens with zero attached hydrogens (tertiary/aromatic N) is 14. The maximum absolute atomic E-state index is 14.5. The summed E-state index contributed by atoms with van der Waals surface area (Å²) in [6.07, 6.45) is 16.6. The third-order valence-corrected chi connectivity index (χ3v) is 21.8. The van der Waals surface area contributed by atoms with Gasteiger partial charge in [-0.1, -0.05) is 30.3 Å². The molecule has 33 heteroatoms. The predicted molar refractivity (Wildman–Crippen MR) is 448 cm³/mol. The summed E-state index contributed by atoms with van der Waals surface area (Å²) in [6, 6.07) is 30.4. The summed E-state index contributed by atoms with van der Waals surface area (Å²) < 4.78 is 131. The van der Waals surface area contributed by atoms with Crippen LogP contribution in [0.5, 0.6) is 23.0 Å². The van der Waals surface area contributed by atoms with Crippen molar-refractivity contribution in [1.29, 1.82) is 0 Å². The molecule has 13 heterocycles.